The third-order valence-corrected chi connectivity index (χ3v) is 5.11. The zero-order valence-electron chi connectivity index (χ0n) is 14.8. The minimum Gasteiger partial charge on any atom is -0.354 e. The maximum absolute atomic E-state index is 12.4. The number of aromatic nitrogens is 4. The molecule has 1 N–H and O–H groups in total. The molecule has 1 aliphatic carbocycles. The fourth-order valence-electron chi connectivity index (χ4n) is 3.65. The van der Waals surface area contributed by atoms with E-state index in [1.54, 1.807) is 10.6 Å². The monoisotopic (exact) mass is 351 g/mol. The van der Waals surface area contributed by atoms with Crippen LogP contribution in [0.5, 0.6) is 0 Å². The first-order valence-electron chi connectivity index (χ1n) is 8.77. The third-order valence-electron chi connectivity index (χ3n) is 5.11. The number of para-hydroxylation sites is 1. The highest BCUT2D eigenvalue weighted by atomic mass is 16.1. The Morgan fingerprint density at radius 3 is 2.73 bits per heavy atom. The van der Waals surface area contributed by atoms with E-state index < -0.39 is 0 Å². The van der Waals surface area contributed by atoms with Gasteiger partial charge in [0.25, 0.3) is 5.56 Å². The van der Waals surface area contributed by atoms with Gasteiger partial charge in [-0.3, -0.25) is 9.59 Å². The number of nitrogens with zero attached hydrogens (tertiary/aromatic N) is 4. The Kier molecular flexibility index (Phi) is 4.06. The van der Waals surface area contributed by atoms with E-state index in [0.29, 0.717) is 12.5 Å². The van der Waals surface area contributed by atoms with E-state index in [9.17, 15) is 9.59 Å². The minimum atomic E-state index is -0.0531. The molecule has 1 saturated carbocycles. The van der Waals surface area contributed by atoms with Gasteiger partial charge in [-0.25, -0.2) is 0 Å². The number of fused-ring (bicyclic) bond motifs is 1. The van der Waals surface area contributed by atoms with Gasteiger partial charge in [-0.15, -0.1) is 10.2 Å². The maximum atomic E-state index is 12.4. The number of hydrogen-bond acceptors (Lipinski definition) is 4. The van der Waals surface area contributed by atoms with Crippen LogP contribution in [0.4, 0.5) is 0 Å². The number of carbonyl (C=O) groups is 1. The molecule has 1 amide bonds. The molecule has 0 atom stereocenters. The molecule has 3 aromatic rings. The highest BCUT2D eigenvalue weighted by Gasteiger charge is 2.34. The van der Waals surface area contributed by atoms with E-state index in [0.717, 1.165) is 35.4 Å². The summed E-state index contributed by atoms with van der Waals surface area (Å²) in [5.41, 5.74) is 0.835. The Hall–Kier alpha value is -2.96. The zero-order valence-corrected chi connectivity index (χ0v) is 14.8. The van der Waals surface area contributed by atoms with Crippen molar-refractivity contribution >= 4 is 16.8 Å². The van der Waals surface area contributed by atoms with Crippen molar-refractivity contribution in [1.29, 1.82) is 0 Å². The van der Waals surface area contributed by atoms with Gasteiger partial charge in [0, 0.05) is 32.0 Å². The normalized spacial score (nSPS) is 19.3. The van der Waals surface area contributed by atoms with Crippen LogP contribution in [0.2, 0.25) is 0 Å². The highest BCUT2D eigenvalue weighted by Crippen LogP contribution is 2.35. The molecule has 0 aliphatic heterocycles. The van der Waals surface area contributed by atoms with Crippen molar-refractivity contribution in [3.05, 3.63) is 58.4 Å². The molecule has 26 heavy (non-hydrogen) atoms. The average Bonchev–Trinajstić information content (AvgIpc) is 2.93. The minimum absolute atomic E-state index is 0.00225. The molecule has 1 aromatic carbocycles. The van der Waals surface area contributed by atoms with Crippen LogP contribution >= 0.6 is 0 Å². The summed E-state index contributed by atoms with van der Waals surface area (Å²) in [7, 11) is 1.94. The molecule has 0 spiro atoms. The maximum Gasteiger partial charge on any atom is 0.251 e. The molecule has 1 aliphatic rings. The molecule has 0 bridgehead atoms. The van der Waals surface area contributed by atoms with Crippen LogP contribution in [0.1, 0.15) is 37.3 Å². The number of amides is 1. The number of benzene rings is 1. The molecule has 2 heterocycles. The summed E-state index contributed by atoms with van der Waals surface area (Å²) in [6.07, 6.45) is 1.75. The third kappa shape index (κ3) is 2.89. The van der Waals surface area contributed by atoms with Crippen molar-refractivity contribution in [2.75, 3.05) is 0 Å². The number of carbonyl (C=O) groups excluding carboxylic acids is 1. The van der Waals surface area contributed by atoms with E-state index in [2.05, 4.69) is 15.5 Å². The molecule has 7 nitrogen and oxygen atoms in total. The number of hydrogen-bond donors (Lipinski definition) is 1. The molecule has 0 unspecified atom stereocenters. The van der Waals surface area contributed by atoms with Gasteiger partial charge in [0.05, 0.1) is 12.1 Å². The summed E-state index contributed by atoms with van der Waals surface area (Å²) in [5, 5.41) is 12.6. The van der Waals surface area contributed by atoms with Gasteiger partial charge >= 0.3 is 0 Å². The fraction of sp³-hybridized carbons (Fsp3) is 0.368. The van der Waals surface area contributed by atoms with Gasteiger partial charge in [-0.2, -0.15) is 0 Å². The van der Waals surface area contributed by atoms with Crippen LogP contribution in [0.25, 0.3) is 10.9 Å². The summed E-state index contributed by atoms with van der Waals surface area (Å²) < 4.78 is 3.70. The van der Waals surface area contributed by atoms with Crippen LogP contribution in [0.3, 0.4) is 0 Å². The molecule has 4 rings (SSSR count). The van der Waals surface area contributed by atoms with Crippen molar-refractivity contribution in [2.45, 2.75) is 38.3 Å². The smallest absolute Gasteiger partial charge is 0.251 e. The molecule has 134 valence electrons. The Morgan fingerprint density at radius 1 is 1.19 bits per heavy atom. The van der Waals surface area contributed by atoms with Crippen LogP contribution in [0, 0.1) is 0 Å². The predicted molar refractivity (Wildman–Crippen MR) is 97.9 cm³/mol. The lowest BCUT2D eigenvalue weighted by Crippen LogP contribution is -2.43. The van der Waals surface area contributed by atoms with Gasteiger partial charge < -0.3 is 14.5 Å². The first kappa shape index (κ1) is 16.5. The molecular weight excluding hydrogens is 330 g/mol. The van der Waals surface area contributed by atoms with Gasteiger partial charge in [0.1, 0.15) is 5.82 Å². The summed E-state index contributed by atoms with van der Waals surface area (Å²) in [5.74, 6) is 1.96. The van der Waals surface area contributed by atoms with Crippen LogP contribution < -0.4 is 10.9 Å². The molecule has 2 aromatic heterocycles. The van der Waals surface area contributed by atoms with Gasteiger partial charge in [-0.1, -0.05) is 18.2 Å². The fourth-order valence-corrected chi connectivity index (χ4v) is 3.65. The van der Waals surface area contributed by atoms with Gasteiger partial charge in [0.15, 0.2) is 5.82 Å². The second-order valence-electron chi connectivity index (χ2n) is 6.92. The van der Waals surface area contributed by atoms with Crippen LogP contribution in [-0.4, -0.2) is 31.3 Å². The van der Waals surface area contributed by atoms with E-state index in [4.69, 9.17) is 0 Å². The summed E-state index contributed by atoms with van der Waals surface area (Å²) >= 11 is 0. The molecule has 0 saturated heterocycles. The standard InChI is InChI=1S/C19H21N5O2/c1-12(25)20-15-9-14(10-15)19-22-21-17(23(19)2)11-24-16-6-4-3-5-13(16)7-8-18(24)26/h3-8,14-15H,9-11H2,1-2H3,(H,20,25). The van der Waals surface area contributed by atoms with Crippen molar-refractivity contribution in [3.63, 3.8) is 0 Å². The zero-order chi connectivity index (χ0) is 18.3. The lowest BCUT2D eigenvalue weighted by Gasteiger charge is -2.34. The Balaban J connectivity index is 1.58. The summed E-state index contributed by atoms with van der Waals surface area (Å²) in [4.78, 5) is 23.5. The molecular formula is C19H21N5O2. The summed E-state index contributed by atoms with van der Waals surface area (Å²) in [6.45, 7) is 1.92. The molecule has 1 fully saturated rings. The van der Waals surface area contributed by atoms with E-state index in [1.165, 1.54) is 6.92 Å². The quantitative estimate of drug-likeness (QED) is 0.773. The number of nitrogens with one attached hydrogen (secondary N) is 1. The second-order valence-corrected chi connectivity index (χ2v) is 6.92. The Morgan fingerprint density at radius 2 is 1.96 bits per heavy atom. The van der Waals surface area contributed by atoms with Crippen molar-refractivity contribution < 1.29 is 4.79 Å². The lowest BCUT2D eigenvalue weighted by molar-refractivity contribution is -0.120. The van der Waals surface area contributed by atoms with Crippen molar-refractivity contribution in [3.8, 4) is 0 Å². The predicted octanol–water partition coefficient (Wildman–Crippen LogP) is 1.56. The number of pyridine rings is 1. The SMILES string of the molecule is CC(=O)NC1CC(c2nnc(Cn3c(=O)ccc4ccccc43)n2C)C1. The van der Waals surface area contributed by atoms with E-state index in [-0.39, 0.29) is 17.5 Å². The Labute approximate surface area is 150 Å². The van der Waals surface area contributed by atoms with Gasteiger partial charge in [0.2, 0.25) is 5.91 Å². The second kappa shape index (κ2) is 6.40. The van der Waals surface area contributed by atoms with Gasteiger partial charge in [-0.05, 0) is 30.4 Å². The van der Waals surface area contributed by atoms with Crippen molar-refractivity contribution in [2.24, 2.45) is 7.05 Å². The lowest BCUT2D eigenvalue weighted by atomic mass is 9.79. The van der Waals surface area contributed by atoms with Crippen LogP contribution in [-0.2, 0) is 18.4 Å². The molecule has 0 radical (unpaired) electrons. The molecule has 7 heteroatoms. The average molecular weight is 351 g/mol. The first-order chi connectivity index (χ1) is 12.5. The van der Waals surface area contributed by atoms with E-state index >= 15 is 0 Å². The first-order valence-corrected chi connectivity index (χ1v) is 8.77. The van der Waals surface area contributed by atoms with E-state index in [1.807, 2.05) is 41.9 Å². The number of rotatable bonds is 4. The highest BCUT2D eigenvalue weighted by molar-refractivity contribution is 5.78. The van der Waals surface area contributed by atoms with Crippen LogP contribution in [0.15, 0.2) is 41.2 Å². The summed E-state index contributed by atoms with van der Waals surface area (Å²) in [6, 6.07) is 11.5. The largest absolute Gasteiger partial charge is 0.354 e. The topological polar surface area (TPSA) is 81.8 Å². The van der Waals surface area contributed by atoms with Crippen molar-refractivity contribution in [1.82, 2.24) is 24.6 Å². The Bertz CT molecular complexity index is 1030.